The van der Waals surface area contributed by atoms with E-state index in [0.29, 0.717) is 28.4 Å². The van der Waals surface area contributed by atoms with Gasteiger partial charge in [0.15, 0.2) is 0 Å². The maximum absolute atomic E-state index is 14.0. The van der Waals surface area contributed by atoms with Crippen molar-refractivity contribution < 1.29 is 9.18 Å². The number of carbonyl (C=O) groups excluding carboxylic acids is 1. The molecular formula is C28H24ClFN6OS. The van der Waals surface area contributed by atoms with Crippen LogP contribution >= 0.6 is 22.9 Å². The molecule has 2 aromatic carbocycles. The number of hydrogen-bond acceptors (Lipinski definition) is 5. The van der Waals surface area contributed by atoms with Crippen LogP contribution in [0.4, 0.5) is 4.39 Å². The summed E-state index contributed by atoms with van der Waals surface area (Å²) in [6.07, 6.45) is 3.85. The molecule has 0 radical (unpaired) electrons. The van der Waals surface area contributed by atoms with Gasteiger partial charge in [-0.05, 0) is 49.1 Å². The number of aromatic nitrogens is 2. The number of amidine groups is 2. The average Bonchev–Trinajstić information content (AvgIpc) is 3.51. The first-order valence-corrected chi connectivity index (χ1v) is 13.5. The van der Waals surface area contributed by atoms with Crippen molar-refractivity contribution in [1.82, 2.24) is 14.7 Å². The lowest BCUT2D eigenvalue weighted by molar-refractivity contribution is 0.0853. The zero-order chi connectivity index (χ0) is 26.4. The number of carbonyl (C=O) groups is 1. The van der Waals surface area contributed by atoms with Gasteiger partial charge in [-0.1, -0.05) is 41.9 Å². The predicted octanol–water partition coefficient (Wildman–Crippen LogP) is 5.15. The van der Waals surface area contributed by atoms with E-state index in [1.807, 2.05) is 22.9 Å². The zero-order valence-corrected chi connectivity index (χ0v) is 21.9. The maximum Gasteiger partial charge on any atom is 0.260 e. The molecule has 10 heteroatoms. The van der Waals surface area contributed by atoms with Gasteiger partial charge >= 0.3 is 0 Å². The fourth-order valence-corrected chi connectivity index (χ4v) is 6.49. The summed E-state index contributed by atoms with van der Waals surface area (Å²) in [5.41, 5.74) is 10.3. The van der Waals surface area contributed by atoms with Crippen LogP contribution < -0.4 is 5.73 Å². The fourth-order valence-electron chi connectivity index (χ4n) is 5.13. The minimum absolute atomic E-state index is 0.134. The van der Waals surface area contributed by atoms with Crippen LogP contribution in [0.5, 0.6) is 0 Å². The molecule has 7 nitrogen and oxygen atoms in total. The highest BCUT2D eigenvalue weighted by molar-refractivity contribution is 7.14. The van der Waals surface area contributed by atoms with Gasteiger partial charge in [0.1, 0.15) is 17.5 Å². The number of nitrogens with zero attached hydrogens (tertiary/aromatic N) is 4. The number of thiophene rings is 1. The Morgan fingerprint density at radius 3 is 2.79 bits per heavy atom. The third-order valence-electron chi connectivity index (χ3n) is 6.89. The van der Waals surface area contributed by atoms with Crippen molar-refractivity contribution in [1.29, 1.82) is 5.41 Å². The van der Waals surface area contributed by atoms with Gasteiger partial charge in [-0.3, -0.25) is 24.8 Å². The quantitative estimate of drug-likeness (QED) is 0.258. The summed E-state index contributed by atoms with van der Waals surface area (Å²) in [6.45, 7) is 0.948. The minimum Gasteiger partial charge on any atom is -0.383 e. The molecule has 6 rings (SSSR count). The first-order chi connectivity index (χ1) is 18.4. The van der Waals surface area contributed by atoms with E-state index in [1.165, 1.54) is 21.9 Å². The van der Waals surface area contributed by atoms with Crippen LogP contribution in [-0.4, -0.2) is 44.8 Å². The Morgan fingerprint density at radius 2 is 2.00 bits per heavy atom. The van der Waals surface area contributed by atoms with Crippen LogP contribution in [0.2, 0.25) is 5.02 Å². The SMILES string of the molecule is N=C1c2ccccc2C(=O)N1C[C@H](Cc1cccc(F)c1)N=C(N)c1cc2c(s1)CCCn1ncc(Cl)c1-2. The molecule has 0 aliphatic carbocycles. The summed E-state index contributed by atoms with van der Waals surface area (Å²) in [6, 6.07) is 14.9. The summed E-state index contributed by atoms with van der Waals surface area (Å²) in [5.74, 6) is -0.114. The lowest BCUT2D eigenvalue weighted by Gasteiger charge is -2.22. The highest BCUT2D eigenvalue weighted by atomic mass is 35.5. The number of aryl methyl sites for hydroxylation is 2. The zero-order valence-electron chi connectivity index (χ0n) is 20.3. The molecule has 3 N–H and O–H groups in total. The van der Waals surface area contributed by atoms with Gasteiger partial charge in [0.2, 0.25) is 0 Å². The van der Waals surface area contributed by atoms with Crippen LogP contribution in [0.25, 0.3) is 11.3 Å². The molecule has 1 amide bonds. The van der Waals surface area contributed by atoms with E-state index < -0.39 is 6.04 Å². The molecular weight excluding hydrogens is 523 g/mol. The fraction of sp³-hybridized carbons (Fsp3) is 0.214. The molecule has 0 bridgehead atoms. The van der Waals surface area contributed by atoms with Crippen LogP contribution in [0.3, 0.4) is 0 Å². The van der Waals surface area contributed by atoms with E-state index >= 15 is 0 Å². The van der Waals surface area contributed by atoms with E-state index in [4.69, 9.17) is 27.7 Å². The molecule has 2 aliphatic rings. The largest absolute Gasteiger partial charge is 0.383 e. The molecule has 0 fully saturated rings. The Bertz CT molecular complexity index is 1570. The molecule has 0 spiro atoms. The van der Waals surface area contributed by atoms with Crippen LogP contribution in [0.15, 0.2) is 65.8 Å². The molecule has 4 heterocycles. The number of nitrogens with two attached hydrogens (primary N) is 1. The molecule has 2 aromatic heterocycles. The second-order valence-electron chi connectivity index (χ2n) is 9.43. The summed E-state index contributed by atoms with van der Waals surface area (Å²) in [5, 5.41) is 13.6. The number of rotatable bonds is 6. The van der Waals surface area contributed by atoms with Gasteiger partial charge < -0.3 is 5.73 Å². The Balaban J connectivity index is 1.34. The van der Waals surface area contributed by atoms with Crippen molar-refractivity contribution in [2.75, 3.05) is 6.54 Å². The normalized spacial score (nSPS) is 15.7. The Labute approximate surface area is 227 Å². The lowest BCUT2D eigenvalue weighted by Crippen LogP contribution is -2.38. The number of amides is 1. The van der Waals surface area contributed by atoms with Gasteiger partial charge in [0, 0.05) is 22.5 Å². The molecule has 0 saturated heterocycles. The van der Waals surface area contributed by atoms with Crippen molar-refractivity contribution in [3.05, 3.63) is 98.1 Å². The molecule has 0 unspecified atom stereocenters. The van der Waals surface area contributed by atoms with Crippen molar-refractivity contribution in [2.45, 2.75) is 31.8 Å². The monoisotopic (exact) mass is 546 g/mol. The van der Waals surface area contributed by atoms with Crippen LogP contribution in [-0.2, 0) is 19.4 Å². The smallest absolute Gasteiger partial charge is 0.260 e. The molecule has 0 saturated carbocycles. The van der Waals surface area contributed by atoms with E-state index in [9.17, 15) is 9.18 Å². The van der Waals surface area contributed by atoms with Crippen LogP contribution in [0, 0.1) is 11.2 Å². The van der Waals surface area contributed by atoms with Gasteiger partial charge in [-0.2, -0.15) is 5.10 Å². The van der Waals surface area contributed by atoms with Crippen LogP contribution in [0.1, 0.15) is 37.7 Å². The molecule has 4 aromatic rings. The average molecular weight is 547 g/mol. The highest BCUT2D eigenvalue weighted by Crippen LogP contribution is 2.38. The Kier molecular flexibility index (Phi) is 6.33. The Morgan fingerprint density at radius 1 is 1.18 bits per heavy atom. The van der Waals surface area contributed by atoms with E-state index in [2.05, 4.69) is 5.10 Å². The summed E-state index contributed by atoms with van der Waals surface area (Å²) < 4.78 is 15.9. The third-order valence-corrected chi connectivity index (χ3v) is 8.38. The molecule has 38 heavy (non-hydrogen) atoms. The predicted molar refractivity (Wildman–Crippen MR) is 148 cm³/mol. The summed E-state index contributed by atoms with van der Waals surface area (Å²) in [4.78, 5) is 21.4. The Hall–Kier alpha value is -3.82. The van der Waals surface area contributed by atoms with Crippen molar-refractivity contribution >= 4 is 40.5 Å². The third kappa shape index (κ3) is 4.41. The van der Waals surface area contributed by atoms with Gasteiger partial charge in [0.05, 0.1) is 39.9 Å². The molecule has 2 aliphatic heterocycles. The van der Waals surface area contributed by atoms with Crippen molar-refractivity contribution in [3.8, 4) is 11.3 Å². The number of nitrogens with one attached hydrogen (secondary N) is 1. The van der Waals surface area contributed by atoms with Gasteiger partial charge in [-0.15, -0.1) is 11.3 Å². The lowest BCUT2D eigenvalue weighted by atomic mass is 10.1. The second-order valence-corrected chi connectivity index (χ2v) is 11.0. The van der Waals surface area contributed by atoms with E-state index in [1.54, 1.807) is 41.8 Å². The van der Waals surface area contributed by atoms with Crippen molar-refractivity contribution in [2.24, 2.45) is 10.7 Å². The number of halogens is 2. The van der Waals surface area contributed by atoms with Gasteiger partial charge in [0.25, 0.3) is 5.91 Å². The first-order valence-electron chi connectivity index (χ1n) is 12.3. The highest BCUT2D eigenvalue weighted by Gasteiger charge is 2.34. The minimum atomic E-state index is -0.494. The topological polar surface area (TPSA) is 100 Å². The second kappa shape index (κ2) is 9.81. The maximum atomic E-state index is 14.0. The van der Waals surface area contributed by atoms with Gasteiger partial charge in [-0.25, -0.2) is 4.39 Å². The summed E-state index contributed by atoms with van der Waals surface area (Å²) in [7, 11) is 0. The standard InChI is InChI=1S/C28H24ClFN6OS/c29-22-14-33-36-10-4-9-23-21(25(22)36)13-24(38-23)26(31)34-18(12-16-5-3-6-17(30)11-16)15-35-27(32)19-7-1-2-8-20(19)28(35)37/h1-3,5-8,11,13-14,18,32H,4,9-10,12,15H2,(H2,31,34)/t18-/m0/s1. The first kappa shape index (κ1) is 24.5. The van der Waals surface area contributed by atoms with E-state index in [0.717, 1.165) is 41.1 Å². The molecule has 192 valence electrons. The van der Waals surface area contributed by atoms with Crippen molar-refractivity contribution in [3.63, 3.8) is 0 Å². The number of benzene rings is 2. The number of aliphatic imine (C=N–C) groups is 1. The summed E-state index contributed by atoms with van der Waals surface area (Å²) >= 11 is 8.05. The number of hydrogen-bond donors (Lipinski definition) is 2. The van der Waals surface area contributed by atoms with E-state index in [-0.39, 0.29) is 24.1 Å². The molecule has 1 atom stereocenters. The number of fused-ring (bicyclic) bond motifs is 4.